The van der Waals surface area contributed by atoms with E-state index >= 15 is 0 Å². The summed E-state index contributed by atoms with van der Waals surface area (Å²) in [5.41, 5.74) is 5.50. The first-order valence-electron chi connectivity index (χ1n) is 7.72. The zero-order valence-electron chi connectivity index (χ0n) is 12.9. The molecule has 0 aliphatic heterocycles. The molecule has 0 spiro atoms. The monoisotopic (exact) mass is 269 g/mol. The standard InChI is InChI=1S/C15H31N3O/c1-13(2)11-18(14-7-4-5-8-14)12-15(19)17(3)10-6-9-16/h13-14H,4-12,16H2,1-3H3. The van der Waals surface area contributed by atoms with Gasteiger partial charge in [0.05, 0.1) is 6.54 Å². The average Bonchev–Trinajstić information content (AvgIpc) is 2.88. The van der Waals surface area contributed by atoms with Crippen LogP contribution in [0.2, 0.25) is 0 Å². The Kier molecular flexibility index (Phi) is 7.39. The third kappa shape index (κ3) is 5.91. The molecule has 0 saturated heterocycles. The first-order chi connectivity index (χ1) is 9.04. The van der Waals surface area contributed by atoms with E-state index in [0.29, 0.717) is 25.0 Å². The van der Waals surface area contributed by atoms with Crippen molar-refractivity contribution in [2.75, 3.05) is 33.2 Å². The van der Waals surface area contributed by atoms with Gasteiger partial charge in [-0.1, -0.05) is 26.7 Å². The van der Waals surface area contributed by atoms with Crippen molar-refractivity contribution in [1.82, 2.24) is 9.80 Å². The molecule has 1 amide bonds. The Morgan fingerprint density at radius 1 is 1.32 bits per heavy atom. The Hall–Kier alpha value is -0.610. The lowest BCUT2D eigenvalue weighted by Crippen LogP contribution is -2.44. The van der Waals surface area contributed by atoms with Gasteiger partial charge in [-0.05, 0) is 31.7 Å². The van der Waals surface area contributed by atoms with Crippen LogP contribution in [0.3, 0.4) is 0 Å². The molecule has 0 heterocycles. The first kappa shape index (κ1) is 16.4. The smallest absolute Gasteiger partial charge is 0.236 e. The van der Waals surface area contributed by atoms with E-state index in [1.165, 1.54) is 25.7 Å². The second-order valence-electron chi connectivity index (χ2n) is 6.22. The summed E-state index contributed by atoms with van der Waals surface area (Å²) in [4.78, 5) is 16.5. The van der Waals surface area contributed by atoms with Gasteiger partial charge in [-0.15, -0.1) is 0 Å². The number of nitrogens with zero attached hydrogens (tertiary/aromatic N) is 2. The van der Waals surface area contributed by atoms with Crippen LogP contribution in [0.1, 0.15) is 46.0 Å². The predicted octanol–water partition coefficient (Wildman–Crippen LogP) is 1.69. The molecule has 19 heavy (non-hydrogen) atoms. The van der Waals surface area contributed by atoms with Gasteiger partial charge >= 0.3 is 0 Å². The molecule has 112 valence electrons. The van der Waals surface area contributed by atoms with E-state index in [0.717, 1.165) is 19.5 Å². The molecule has 0 unspecified atom stereocenters. The van der Waals surface area contributed by atoms with Gasteiger partial charge in [0.2, 0.25) is 5.91 Å². The third-order valence-corrected chi connectivity index (χ3v) is 3.90. The van der Waals surface area contributed by atoms with E-state index in [1.54, 1.807) is 0 Å². The van der Waals surface area contributed by atoms with Crippen LogP contribution in [0.25, 0.3) is 0 Å². The summed E-state index contributed by atoms with van der Waals surface area (Å²) in [7, 11) is 1.89. The second kappa shape index (κ2) is 8.54. The van der Waals surface area contributed by atoms with Gasteiger partial charge in [-0.25, -0.2) is 0 Å². The molecular weight excluding hydrogens is 238 g/mol. The maximum atomic E-state index is 12.2. The molecule has 0 aromatic rings. The molecule has 1 aliphatic carbocycles. The summed E-state index contributed by atoms with van der Waals surface area (Å²) in [6.07, 6.45) is 6.03. The molecule has 1 rings (SSSR count). The van der Waals surface area contributed by atoms with Gasteiger partial charge in [0.25, 0.3) is 0 Å². The quantitative estimate of drug-likeness (QED) is 0.729. The second-order valence-corrected chi connectivity index (χ2v) is 6.22. The van der Waals surface area contributed by atoms with Gasteiger partial charge in [0, 0.05) is 26.2 Å². The maximum absolute atomic E-state index is 12.2. The highest BCUT2D eigenvalue weighted by Gasteiger charge is 2.25. The number of amides is 1. The van der Waals surface area contributed by atoms with Crippen molar-refractivity contribution in [2.24, 2.45) is 11.7 Å². The zero-order chi connectivity index (χ0) is 14.3. The van der Waals surface area contributed by atoms with Crippen molar-refractivity contribution in [3.05, 3.63) is 0 Å². The van der Waals surface area contributed by atoms with Gasteiger partial charge in [-0.2, -0.15) is 0 Å². The van der Waals surface area contributed by atoms with Crippen LogP contribution in [0, 0.1) is 5.92 Å². The minimum Gasteiger partial charge on any atom is -0.345 e. The molecule has 0 bridgehead atoms. The molecule has 0 radical (unpaired) electrons. The van der Waals surface area contributed by atoms with Crippen molar-refractivity contribution in [3.8, 4) is 0 Å². The molecule has 0 atom stereocenters. The van der Waals surface area contributed by atoms with E-state index in [1.807, 2.05) is 11.9 Å². The number of hydrogen-bond donors (Lipinski definition) is 1. The minimum atomic E-state index is 0.237. The number of hydrogen-bond acceptors (Lipinski definition) is 3. The molecule has 2 N–H and O–H groups in total. The van der Waals surface area contributed by atoms with E-state index in [4.69, 9.17) is 5.73 Å². The van der Waals surface area contributed by atoms with Crippen LogP contribution in [0.5, 0.6) is 0 Å². The van der Waals surface area contributed by atoms with E-state index < -0.39 is 0 Å². The number of rotatable bonds is 8. The molecule has 4 nitrogen and oxygen atoms in total. The number of likely N-dealkylation sites (N-methyl/N-ethyl adjacent to an activating group) is 1. The number of carbonyl (C=O) groups excluding carboxylic acids is 1. The molecule has 1 saturated carbocycles. The fourth-order valence-corrected chi connectivity index (χ4v) is 2.83. The SMILES string of the molecule is CC(C)CN(CC(=O)N(C)CCCN)C1CCCC1. The maximum Gasteiger partial charge on any atom is 0.236 e. The van der Waals surface area contributed by atoms with Crippen molar-refractivity contribution in [1.29, 1.82) is 0 Å². The fourth-order valence-electron chi connectivity index (χ4n) is 2.83. The van der Waals surface area contributed by atoms with Crippen LogP contribution in [0.15, 0.2) is 0 Å². The van der Waals surface area contributed by atoms with Crippen molar-refractivity contribution in [2.45, 2.75) is 52.0 Å². The first-order valence-corrected chi connectivity index (χ1v) is 7.72. The Labute approximate surface area is 118 Å². The summed E-state index contributed by atoms with van der Waals surface area (Å²) in [6.45, 7) is 7.48. The van der Waals surface area contributed by atoms with Crippen LogP contribution in [-0.4, -0.2) is 55.0 Å². The summed E-state index contributed by atoms with van der Waals surface area (Å²) < 4.78 is 0. The van der Waals surface area contributed by atoms with Crippen LogP contribution in [-0.2, 0) is 4.79 Å². The van der Waals surface area contributed by atoms with Crippen LogP contribution < -0.4 is 5.73 Å². The number of nitrogens with two attached hydrogens (primary N) is 1. The normalized spacial score (nSPS) is 16.5. The summed E-state index contributed by atoms with van der Waals surface area (Å²) in [5.74, 6) is 0.851. The molecule has 1 fully saturated rings. The van der Waals surface area contributed by atoms with Crippen molar-refractivity contribution < 1.29 is 4.79 Å². The van der Waals surface area contributed by atoms with Gasteiger partial charge in [-0.3, -0.25) is 9.69 Å². The lowest BCUT2D eigenvalue weighted by molar-refractivity contribution is -0.131. The van der Waals surface area contributed by atoms with E-state index in [9.17, 15) is 4.79 Å². The molecule has 1 aliphatic rings. The highest BCUT2D eigenvalue weighted by molar-refractivity contribution is 5.78. The fraction of sp³-hybridized carbons (Fsp3) is 0.933. The highest BCUT2D eigenvalue weighted by atomic mass is 16.2. The number of carbonyl (C=O) groups is 1. The van der Waals surface area contributed by atoms with E-state index in [-0.39, 0.29) is 5.91 Å². The highest BCUT2D eigenvalue weighted by Crippen LogP contribution is 2.24. The van der Waals surface area contributed by atoms with Crippen molar-refractivity contribution >= 4 is 5.91 Å². The third-order valence-electron chi connectivity index (χ3n) is 3.90. The van der Waals surface area contributed by atoms with Gasteiger partial charge in [0.15, 0.2) is 0 Å². The van der Waals surface area contributed by atoms with Gasteiger partial charge in [0.1, 0.15) is 0 Å². The van der Waals surface area contributed by atoms with Crippen molar-refractivity contribution in [3.63, 3.8) is 0 Å². The summed E-state index contributed by atoms with van der Waals surface area (Å²) in [6, 6.07) is 0.620. The lowest BCUT2D eigenvalue weighted by Gasteiger charge is -2.31. The topological polar surface area (TPSA) is 49.6 Å². The lowest BCUT2D eigenvalue weighted by atomic mass is 10.1. The average molecular weight is 269 g/mol. The molecular formula is C15H31N3O. The predicted molar refractivity (Wildman–Crippen MR) is 80.0 cm³/mol. The Balaban J connectivity index is 2.48. The Bertz CT molecular complexity index is 262. The van der Waals surface area contributed by atoms with Gasteiger partial charge < -0.3 is 10.6 Å². The van der Waals surface area contributed by atoms with Crippen LogP contribution >= 0.6 is 0 Å². The summed E-state index contributed by atoms with van der Waals surface area (Å²) >= 11 is 0. The van der Waals surface area contributed by atoms with Crippen LogP contribution in [0.4, 0.5) is 0 Å². The Morgan fingerprint density at radius 3 is 2.47 bits per heavy atom. The molecule has 4 heteroatoms. The molecule has 0 aromatic heterocycles. The zero-order valence-corrected chi connectivity index (χ0v) is 12.9. The largest absolute Gasteiger partial charge is 0.345 e. The Morgan fingerprint density at radius 2 is 1.95 bits per heavy atom. The molecule has 0 aromatic carbocycles. The summed E-state index contributed by atoms with van der Waals surface area (Å²) in [5, 5.41) is 0. The van der Waals surface area contributed by atoms with E-state index in [2.05, 4.69) is 18.7 Å². The minimum absolute atomic E-state index is 0.237.